The Hall–Kier alpha value is -2.86. The highest BCUT2D eigenvalue weighted by molar-refractivity contribution is 7.98. The lowest BCUT2D eigenvalue weighted by atomic mass is 9.89. The first kappa shape index (κ1) is 20.1. The Labute approximate surface area is 187 Å². The molecule has 5 rings (SSSR count). The molecule has 0 unspecified atom stereocenters. The highest BCUT2D eigenvalue weighted by Crippen LogP contribution is 2.39. The molecule has 0 bridgehead atoms. The van der Waals surface area contributed by atoms with Crippen LogP contribution < -0.4 is 10.1 Å². The van der Waals surface area contributed by atoms with Crippen LogP contribution in [0.5, 0.6) is 5.88 Å². The normalized spacial score (nSPS) is 19.9. The molecule has 1 aliphatic carbocycles. The molecule has 6 heteroatoms. The summed E-state index contributed by atoms with van der Waals surface area (Å²) in [6.45, 7) is 4.30. The van der Waals surface area contributed by atoms with Crippen molar-refractivity contribution in [1.29, 1.82) is 0 Å². The summed E-state index contributed by atoms with van der Waals surface area (Å²) in [5.74, 6) is 1.75. The van der Waals surface area contributed by atoms with Crippen molar-refractivity contribution < 1.29 is 4.74 Å². The van der Waals surface area contributed by atoms with Crippen molar-refractivity contribution in [3.63, 3.8) is 0 Å². The van der Waals surface area contributed by atoms with E-state index in [0.29, 0.717) is 22.6 Å². The standard InChI is InChI=1S/C25H26N4OS/c1-16-7-11-18(12-8-16)15-31-25-27-24-22(28-29-25)20-5-3-4-6-21(20)26-23(30-24)19-13-9-17(2)10-14-19/h3-9,11-12,19,23,26H,10,13-15H2,1-2H3/t19-,23-/m0/s1. The van der Waals surface area contributed by atoms with E-state index in [1.54, 1.807) is 11.8 Å². The monoisotopic (exact) mass is 430 g/mol. The van der Waals surface area contributed by atoms with E-state index in [2.05, 4.69) is 65.8 Å². The van der Waals surface area contributed by atoms with E-state index in [1.165, 1.54) is 16.7 Å². The van der Waals surface area contributed by atoms with Crippen LogP contribution in [0.2, 0.25) is 0 Å². The molecule has 0 amide bonds. The summed E-state index contributed by atoms with van der Waals surface area (Å²) in [4.78, 5) is 4.78. The average molecular weight is 431 g/mol. The molecule has 1 N–H and O–H groups in total. The summed E-state index contributed by atoms with van der Waals surface area (Å²) < 4.78 is 6.46. The summed E-state index contributed by atoms with van der Waals surface area (Å²) in [6, 6.07) is 16.7. The predicted molar refractivity (Wildman–Crippen MR) is 125 cm³/mol. The topological polar surface area (TPSA) is 59.9 Å². The molecule has 3 aromatic rings. The minimum absolute atomic E-state index is 0.140. The predicted octanol–water partition coefficient (Wildman–Crippen LogP) is 6.02. The van der Waals surface area contributed by atoms with Gasteiger partial charge in [-0.1, -0.05) is 71.4 Å². The van der Waals surface area contributed by atoms with Gasteiger partial charge in [-0.25, -0.2) is 0 Å². The molecule has 0 saturated heterocycles. The Morgan fingerprint density at radius 1 is 1.06 bits per heavy atom. The summed E-state index contributed by atoms with van der Waals surface area (Å²) in [6.07, 6.45) is 5.41. The van der Waals surface area contributed by atoms with E-state index in [9.17, 15) is 0 Å². The van der Waals surface area contributed by atoms with Gasteiger partial charge in [0.1, 0.15) is 0 Å². The van der Waals surface area contributed by atoms with E-state index in [1.807, 2.05) is 18.2 Å². The molecule has 1 aromatic heterocycles. The first-order valence-electron chi connectivity index (χ1n) is 10.8. The first-order valence-corrected chi connectivity index (χ1v) is 11.8. The molecule has 158 valence electrons. The van der Waals surface area contributed by atoms with Gasteiger partial charge >= 0.3 is 0 Å². The summed E-state index contributed by atoms with van der Waals surface area (Å²) >= 11 is 1.58. The number of aromatic nitrogens is 3. The van der Waals surface area contributed by atoms with Crippen LogP contribution in [0.3, 0.4) is 0 Å². The number of rotatable bonds is 4. The van der Waals surface area contributed by atoms with Crippen LogP contribution in [-0.2, 0) is 5.75 Å². The quantitative estimate of drug-likeness (QED) is 0.404. The number of aryl methyl sites for hydroxylation is 1. The third-order valence-corrected chi connectivity index (χ3v) is 6.86. The van der Waals surface area contributed by atoms with Crippen LogP contribution in [-0.4, -0.2) is 21.4 Å². The van der Waals surface area contributed by atoms with E-state index in [0.717, 1.165) is 36.3 Å². The van der Waals surface area contributed by atoms with Crippen LogP contribution in [0, 0.1) is 12.8 Å². The van der Waals surface area contributed by atoms with Gasteiger partial charge in [-0.3, -0.25) is 0 Å². The van der Waals surface area contributed by atoms with Gasteiger partial charge in [0.25, 0.3) is 0 Å². The molecule has 5 nitrogen and oxygen atoms in total. The van der Waals surface area contributed by atoms with Gasteiger partial charge < -0.3 is 10.1 Å². The molecule has 2 atom stereocenters. The third kappa shape index (κ3) is 4.44. The maximum absolute atomic E-state index is 6.46. The van der Waals surface area contributed by atoms with Crippen LogP contribution in [0.4, 0.5) is 5.69 Å². The Kier molecular flexibility index (Phi) is 5.64. The fourth-order valence-electron chi connectivity index (χ4n) is 4.04. The average Bonchev–Trinajstić information content (AvgIpc) is 2.96. The lowest BCUT2D eigenvalue weighted by Crippen LogP contribution is -2.35. The van der Waals surface area contributed by atoms with Crippen molar-refractivity contribution in [1.82, 2.24) is 15.2 Å². The van der Waals surface area contributed by atoms with Crippen molar-refractivity contribution in [2.24, 2.45) is 5.92 Å². The lowest BCUT2D eigenvalue weighted by Gasteiger charge is -2.29. The van der Waals surface area contributed by atoms with E-state index in [-0.39, 0.29) is 6.23 Å². The molecular formula is C25H26N4OS. The second kappa shape index (κ2) is 8.71. The van der Waals surface area contributed by atoms with E-state index in [4.69, 9.17) is 9.72 Å². The molecule has 0 saturated carbocycles. The third-order valence-electron chi connectivity index (χ3n) is 5.95. The van der Waals surface area contributed by atoms with Gasteiger partial charge in [0, 0.05) is 22.9 Å². The highest BCUT2D eigenvalue weighted by atomic mass is 32.2. The number of thioether (sulfide) groups is 1. The van der Waals surface area contributed by atoms with Crippen molar-refractivity contribution >= 4 is 17.4 Å². The molecule has 0 fully saturated rings. The summed E-state index contributed by atoms with van der Waals surface area (Å²) in [5, 5.41) is 13.2. The molecule has 0 spiro atoms. The SMILES string of the molecule is CC1=CC[C@H]([C@H]2Nc3ccccc3-c3nnc(SCc4ccc(C)cc4)nc3O2)CC1. The largest absolute Gasteiger partial charge is 0.452 e. The van der Waals surface area contributed by atoms with Gasteiger partial charge in [-0.2, -0.15) is 4.98 Å². The number of benzene rings is 2. The molecule has 2 heterocycles. The van der Waals surface area contributed by atoms with E-state index < -0.39 is 0 Å². The van der Waals surface area contributed by atoms with Crippen LogP contribution >= 0.6 is 11.8 Å². The van der Waals surface area contributed by atoms with Crippen molar-refractivity contribution in [3.8, 4) is 17.1 Å². The van der Waals surface area contributed by atoms with Gasteiger partial charge in [0.2, 0.25) is 11.0 Å². The second-order valence-electron chi connectivity index (χ2n) is 8.34. The molecule has 0 radical (unpaired) electrons. The Morgan fingerprint density at radius 2 is 1.90 bits per heavy atom. The number of hydrogen-bond acceptors (Lipinski definition) is 6. The first-order chi connectivity index (χ1) is 15.2. The molecule has 1 aliphatic heterocycles. The number of hydrogen-bond donors (Lipinski definition) is 1. The Morgan fingerprint density at radius 3 is 2.71 bits per heavy atom. The molecule has 2 aliphatic rings. The number of para-hydroxylation sites is 1. The zero-order valence-electron chi connectivity index (χ0n) is 17.8. The molecule has 31 heavy (non-hydrogen) atoms. The smallest absolute Gasteiger partial charge is 0.247 e. The van der Waals surface area contributed by atoms with Crippen LogP contribution in [0.1, 0.15) is 37.3 Å². The number of nitrogens with zero attached hydrogens (tertiary/aromatic N) is 3. The number of fused-ring (bicyclic) bond motifs is 3. The lowest BCUT2D eigenvalue weighted by molar-refractivity contribution is 0.145. The van der Waals surface area contributed by atoms with Crippen molar-refractivity contribution in [2.75, 3.05) is 5.32 Å². The fourth-order valence-corrected chi connectivity index (χ4v) is 4.77. The zero-order chi connectivity index (χ0) is 21.2. The minimum Gasteiger partial charge on any atom is -0.452 e. The zero-order valence-corrected chi connectivity index (χ0v) is 18.7. The fraction of sp³-hybridized carbons (Fsp3) is 0.320. The molecular weight excluding hydrogens is 404 g/mol. The van der Waals surface area contributed by atoms with Gasteiger partial charge in [-0.05, 0) is 44.7 Å². The number of nitrogens with one attached hydrogen (secondary N) is 1. The van der Waals surface area contributed by atoms with Crippen LogP contribution in [0.25, 0.3) is 11.3 Å². The molecule has 2 aromatic carbocycles. The second-order valence-corrected chi connectivity index (χ2v) is 9.28. The number of ether oxygens (including phenoxy) is 1. The highest BCUT2D eigenvalue weighted by Gasteiger charge is 2.31. The number of allylic oxidation sites excluding steroid dienone is 2. The summed E-state index contributed by atoms with van der Waals surface area (Å²) in [5.41, 5.74) is 6.67. The Bertz CT molecular complexity index is 1110. The van der Waals surface area contributed by atoms with E-state index >= 15 is 0 Å². The van der Waals surface area contributed by atoms with Gasteiger partial charge in [0.15, 0.2) is 11.9 Å². The van der Waals surface area contributed by atoms with Crippen molar-refractivity contribution in [2.45, 2.75) is 50.2 Å². The van der Waals surface area contributed by atoms with Gasteiger partial charge in [-0.15, -0.1) is 10.2 Å². The summed E-state index contributed by atoms with van der Waals surface area (Å²) in [7, 11) is 0. The Balaban J connectivity index is 1.43. The van der Waals surface area contributed by atoms with Gasteiger partial charge in [0.05, 0.1) is 0 Å². The number of anilines is 1. The maximum atomic E-state index is 6.46. The van der Waals surface area contributed by atoms with Crippen molar-refractivity contribution in [3.05, 3.63) is 71.3 Å². The minimum atomic E-state index is -0.140. The van der Waals surface area contributed by atoms with Crippen LogP contribution in [0.15, 0.2) is 65.3 Å². The maximum Gasteiger partial charge on any atom is 0.247 e.